The molecule has 2 unspecified atom stereocenters. The second-order valence-corrected chi connectivity index (χ2v) is 8.76. The Bertz CT molecular complexity index is 854. The molecule has 0 amide bonds. The topological polar surface area (TPSA) is 255 Å². The number of aromatic nitrogens is 2. The van der Waals surface area contributed by atoms with Crippen LogP contribution in [0.2, 0.25) is 0 Å². The van der Waals surface area contributed by atoms with Gasteiger partial charge in [0.25, 0.3) is 0 Å². The maximum absolute atomic E-state index is 12.0. The zero-order valence-corrected chi connectivity index (χ0v) is 15.0. The van der Waals surface area contributed by atoms with E-state index in [1.165, 1.54) is 0 Å². The fraction of sp³-hybridized carbons (Fsp3) is 0.600. The molecular weight excluding hydrogens is 416 g/mol. The normalized spacial score (nSPS) is 29.4. The number of aliphatic hydroxyl groups is 4. The van der Waals surface area contributed by atoms with Crippen molar-refractivity contribution in [1.82, 2.24) is 9.55 Å². The fourth-order valence-electron chi connectivity index (χ4n) is 2.36. The number of phosphoric acid groups is 1. The van der Waals surface area contributed by atoms with E-state index in [9.17, 15) is 34.1 Å². The van der Waals surface area contributed by atoms with Crippen LogP contribution >= 0.6 is 15.4 Å². The number of ether oxygens (including phenoxy) is 1. The Morgan fingerprint density at radius 1 is 1.30 bits per heavy atom. The maximum atomic E-state index is 12.0. The number of nitrogens with zero attached hydrogens (tertiary/aromatic N) is 2. The van der Waals surface area contributed by atoms with E-state index in [0.29, 0.717) is 10.8 Å². The van der Waals surface area contributed by atoms with E-state index >= 15 is 0 Å². The van der Waals surface area contributed by atoms with Gasteiger partial charge in [-0.15, -0.1) is 0 Å². The van der Waals surface area contributed by atoms with Crippen LogP contribution in [0.1, 0.15) is 17.6 Å². The molecular formula is C10H17N3O12P2. The molecule has 17 heteroatoms. The van der Waals surface area contributed by atoms with Crippen LogP contribution in [0.5, 0.6) is 0 Å². The Hall–Kier alpha value is -1.22. The lowest BCUT2D eigenvalue weighted by molar-refractivity contribution is -0.0551. The third-order valence-corrected chi connectivity index (χ3v) is 6.30. The van der Waals surface area contributed by atoms with Gasteiger partial charge >= 0.3 is 21.1 Å². The second kappa shape index (κ2) is 7.66. The lowest BCUT2D eigenvalue weighted by atomic mass is 10.1. The molecule has 1 aromatic heterocycles. The molecule has 1 aliphatic heterocycles. The van der Waals surface area contributed by atoms with Crippen LogP contribution in [0.4, 0.5) is 5.82 Å². The smallest absolute Gasteiger partial charge is 0.394 e. The molecule has 27 heavy (non-hydrogen) atoms. The average Bonchev–Trinajstić information content (AvgIpc) is 2.80. The van der Waals surface area contributed by atoms with Crippen molar-refractivity contribution in [1.29, 1.82) is 0 Å². The van der Waals surface area contributed by atoms with Gasteiger partial charge < -0.3 is 45.6 Å². The van der Waals surface area contributed by atoms with Crippen molar-refractivity contribution in [3.63, 3.8) is 0 Å². The maximum Gasteiger partial charge on any atom is 0.476 e. The molecule has 1 aromatic rings. The SMILES string of the molecule is Nc1nc(=O)n([C@@H]2O[C@H](CO)[C@@H](O)[C@H]2O)cc1C(O)P(=O)(O)OP(=O)(O)O. The van der Waals surface area contributed by atoms with Crippen LogP contribution in [-0.4, -0.2) is 69.6 Å². The van der Waals surface area contributed by atoms with Crippen molar-refractivity contribution >= 4 is 21.2 Å². The molecule has 2 rings (SSSR count). The molecule has 0 saturated carbocycles. The minimum atomic E-state index is -5.48. The number of rotatable bonds is 6. The number of aliphatic hydroxyl groups excluding tert-OH is 4. The predicted molar refractivity (Wildman–Crippen MR) is 83.8 cm³/mol. The molecule has 15 nitrogen and oxygen atoms in total. The molecule has 1 saturated heterocycles. The van der Waals surface area contributed by atoms with Gasteiger partial charge in [-0.05, 0) is 0 Å². The van der Waals surface area contributed by atoms with Gasteiger partial charge in [-0.2, -0.15) is 4.98 Å². The Balaban J connectivity index is 2.46. The monoisotopic (exact) mass is 433 g/mol. The zero-order chi connectivity index (χ0) is 20.7. The first kappa shape index (κ1) is 22.1. The van der Waals surface area contributed by atoms with E-state index < -0.39 is 69.5 Å². The lowest BCUT2D eigenvalue weighted by Gasteiger charge is -2.22. The molecule has 0 aromatic carbocycles. The van der Waals surface area contributed by atoms with Gasteiger partial charge in [0.2, 0.25) is 0 Å². The summed E-state index contributed by atoms with van der Waals surface area (Å²) in [5, 5.41) is 38.7. The Morgan fingerprint density at radius 2 is 1.89 bits per heavy atom. The third kappa shape index (κ3) is 4.62. The Morgan fingerprint density at radius 3 is 2.37 bits per heavy atom. The summed E-state index contributed by atoms with van der Waals surface area (Å²) in [7, 11) is -10.9. The van der Waals surface area contributed by atoms with Crippen LogP contribution in [0, 0.1) is 0 Å². The van der Waals surface area contributed by atoms with Crippen molar-refractivity contribution in [2.45, 2.75) is 30.4 Å². The van der Waals surface area contributed by atoms with Crippen LogP contribution < -0.4 is 11.4 Å². The van der Waals surface area contributed by atoms with E-state index in [1.807, 2.05) is 0 Å². The van der Waals surface area contributed by atoms with Gasteiger partial charge in [0.05, 0.1) is 12.2 Å². The standard InChI is InChI=1S/C10H17N3O12P2/c11-7-3(9(17)26(19,20)25-27(21,22)23)1-13(10(18)12-7)8-6(16)5(15)4(2-14)24-8/h1,4-6,8-9,14-17H,2H2,(H,19,20)(H2,11,12,18)(H2,21,22,23)/t4-,5-,6-,8-,9?/m1/s1. The predicted octanol–water partition coefficient (Wildman–Crippen LogP) is -3.28. The van der Waals surface area contributed by atoms with Crippen molar-refractivity contribution in [2.75, 3.05) is 12.3 Å². The van der Waals surface area contributed by atoms with Crippen molar-refractivity contribution in [3.05, 3.63) is 22.2 Å². The third-order valence-electron chi connectivity index (χ3n) is 3.61. The highest BCUT2D eigenvalue weighted by Gasteiger charge is 2.45. The van der Waals surface area contributed by atoms with Crippen molar-refractivity contribution < 1.29 is 53.3 Å². The minimum Gasteiger partial charge on any atom is -0.394 e. The molecule has 0 bridgehead atoms. The van der Waals surface area contributed by atoms with Gasteiger partial charge in [-0.25, -0.2) is 13.7 Å². The lowest BCUT2D eigenvalue weighted by Crippen LogP contribution is -2.36. The van der Waals surface area contributed by atoms with E-state index in [0.717, 1.165) is 0 Å². The first-order valence-corrected chi connectivity index (χ1v) is 10.2. The van der Waals surface area contributed by atoms with Crippen LogP contribution in [-0.2, 0) is 18.2 Å². The van der Waals surface area contributed by atoms with E-state index in [4.69, 9.17) is 25.4 Å². The molecule has 0 spiro atoms. The molecule has 9 N–H and O–H groups in total. The fourth-order valence-corrected chi connectivity index (χ4v) is 4.49. The first-order valence-electron chi connectivity index (χ1n) is 7.07. The summed E-state index contributed by atoms with van der Waals surface area (Å²) in [5.74, 6) is -3.39. The number of nitrogens with two attached hydrogens (primary N) is 1. The summed E-state index contributed by atoms with van der Waals surface area (Å²) >= 11 is 0. The van der Waals surface area contributed by atoms with Gasteiger partial charge in [-0.1, -0.05) is 0 Å². The van der Waals surface area contributed by atoms with Gasteiger partial charge in [0.15, 0.2) is 12.1 Å². The summed E-state index contributed by atoms with van der Waals surface area (Å²) in [6.07, 6.45) is -5.53. The summed E-state index contributed by atoms with van der Waals surface area (Å²) in [5.41, 5.74) is 3.51. The van der Waals surface area contributed by atoms with Gasteiger partial charge in [0.1, 0.15) is 24.1 Å². The van der Waals surface area contributed by atoms with Crippen molar-refractivity contribution in [2.24, 2.45) is 0 Å². The zero-order valence-electron chi connectivity index (χ0n) is 13.2. The summed E-state index contributed by atoms with van der Waals surface area (Å²) in [6.45, 7) is -0.705. The largest absolute Gasteiger partial charge is 0.476 e. The molecule has 154 valence electrons. The molecule has 2 heterocycles. The molecule has 0 radical (unpaired) electrons. The van der Waals surface area contributed by atoms with Gasteiger partial charge in [-0.3, -0.25) is 9.13 Å². The average molecular weight is 433 g/mol. The van der Waals surface area contributed by atoms with E-state index in [1.54, 1.807) is 0 Å². The summed E-state index contributed by atoms with van der Waals surface area (Å²) < 4.78 is 31.9. The van der Waals surface area contributed by atoms with Crippen LogP contribution in [0.15, 0.2) is 11.0 Å². The first-order chi connectivity index (χ1) is 12.3. The van der Waals surface area contributed by atoms with Gasteiger partial charge in [0, 0.05) is 6.20 Å². The molecule has 6 atom stereocenters. The summed E-state index contributed by atoms with van der Waals surface area (Å²) in [4.78, 5) is 42.1. The number of nitrogen functional groups attached to an aromatic ring is 1. The van der Waals surface area contributed by atoms with E-state index in [2.05, 4.69) is 9.29 Å². The molecule has 1 aliphatic rings. The highest BCUT2D eigenvalue weighted by atomic mass is 31.3. The Kier molecular flexibility index (Phi) is 6.26. The highest BCUT2D eigenvalue weighted by Crippen LogP contribution is 2.64. The summed E-state index contributed by atoms with van der Waals surface area (Å²) in [6, 6.07) is 0. The van der Waals surface area contributed by atoms with Crippen molar-refractivity contribution in [3.8, 4) is 0 Å². The Labute approximate surface area is 150 Å². The second-order valence-electron chi connectivity index (χ2n) is 5.51. The molecule has 1 fully saturated rings. The van der Waals surface area contributed by atoms with Crippen LogP contribution in [0.25, 0.3) is 0 Å². The van der Waals surface area contributed by atoms with Crippen LogP contribution in [0.3, 0.4) is 0 Å². The quantitative estimate of drug-likeness (QED) is 0.205. The number of hydrogen-bond acceptors (Lipinski definition) is 11. The number of anilines is 1. The number of hydrogen-bond donors (Lipinski definition) is 8. The minimum absolute atomic E-state index is 0.510. The highest BCUT2D eigenvalue weighted by molar-refractivity contribution is 7.63. The molecule has 0 aliphatic carbocycles. The van der Waals surface area contributed by atoms with E-state index in [-0.39, 0.29) is 0 Å².